The molecule has 0 amide bonds. The highest BCUT2D eigenvalue weighted by Crippen LogP contribution is 1.55. The zero-order valence-corrected chi connectivity index (χ0v) is 4.02. The predicted octanol–water partition coefficient (Wildman–Crippen LogP) is 0.540. The van der Waals surface area contributed by atoms with Gasteiger partial charge >= 0.3 is 6.47 Å². The van der Waals surface area contributed by atoms with Crippen molar-refractivity contribution in [2.24, 2.45) is 0 Å². The molecule has 0 aliphatic carbocycles. The summed E-state index contributed by atoms with van der Waals surface area (Å²) in [6.45, 7) is 3.41. The molecule has 0 heterocycles. The summed E-state index contributed by atoms with van der Waals surface area (Å²) in [5.41, 5.74) is 0. The Hall–Kier alpha value is -0.530. The molecule has 0 unspecified atom stereocenters. The monoisotopic (exact) mass is 88.1 g/mol. The number of rotatable bonds is 2. The molecule has 2 heteroatoms. The van der Waals surface area contributed by atoms with Gasteiger partial charge in [0.2, 0.25) is 0 Å². The minimum Gasteiger partial charge on any atom is -0.458 e. The fourth-order valence-corrected chi connectivity index (χ4v) is 0.0589. The van der Waals surface area contributed by atoms with Crippen molar-refractivity contribution >= 4 is 6.47 Å². The van der Waals surface area contributed by atoms with Crippen LogP contribution in [-0.4, -0.2) is 13.1 Å². The fourth-order valence-electron chi connectivity index (χ4n) is 0.0589. The molecule has 0 rings (SSSR count). The van der Waals surface area contributed by atoms with Crippen LogP contribution in [0.4, 0.5) is 0 Å². The smallest absolute Gasteiger partial charge is 0.417 e. The lowest BCUT2D eigenvalue weighted by Gasteiger charge is -1.77. The van der Waals surface area contributed by atoms with Crippen molar-refractivity contribution in [1.82, 2.24) is 0 Å². The molecule has 0 aromatic rings. The van der Waals surface area contributed by atoms with Gasteiger partial charge in [0.15, 0.2) is 0 Å². The third-order valence-electron chi connectivity index (χ3n) is 0.203. The molecule has 0 aromatic heterocycles. The summed E-state index contributed by atoms with van der Waals surface area (Å²) in [6.07, 6.45) is 0. The van der Waals surface area contributed by atoms with Crippen molar-refractivity contribution in [3.8, 4) is 0 Å². The molecule has 0 saturated carbocycles. The Labute approximate surface area is 38.1 Å². The van der Waals surface area contributed by atoms with Crippen LogP contribution in [0, 0.1) is 7.43 Å². The van der Waals surface area contributed by atoms with Crippen molar-refractivity contribution in [2.45, 2.75) is 6.92 Å². The maximum absolute atomic E-state index is 9.06. The van der Waals surface area contributed by atoms with Crippen molar-refractivity contribution in [1.29, 1.82) is 0 Å². The summed E-state index contributed by atoms with van der Waals surface area (Å²) in [4.78, 5) is 9.06. The van der Waals surface area contributed by atoms with Crippen molar-refractivity contribution in [3.63, 3.8) is 0 Å². The topological polar surface area (TPSA) is 26.3 Å². The molecule has 2 nitrogen and oxygen atoms in total. The quantitative estimate of drug-likeness (QED) is 0.492. The summed E-state index contributed by atoms with van der Waals surface area (Å²) in [6, 6.07) is 0. The van der Waals surface area contributed by atoms with Gasteiger partial charge in [0.1, 0.15) is 0 Å². The van der Waals surface area contributed by atoms with Crippen LogP contribution in [0.1, 0.15) is 6.92 Å². The van der Waals surface area contributed by atoms with E-state index in [1.54, 1.807) is 6.92 Å². The van der Waals surface area contributed by atoms with E-state index >= 15 is 0 Å². The zero-order valence-electron chi connectivity index (χ0n) is 4.02. The lowest BCUT2D eigenvalue weighted by Crippen LogP contribution is -1.80. The molecule has 36 valence electrons. The number of hydrogen-bond acceptors (Lipinski definition) is 2. The third kappa shape index (κ3) is 9.80. The van der Waals surface area contributed by atoms with Gasteiger partial charge in [0, 0.05) is 0 Å². The maximum Gasteiger partial charge on any atom is 0.417 e. The molecule has 6 heavy (non-hydrogen) atoms. The molecule has 2 radical (unpaired) electrons. The van der Waals surface area contributed by atoms with Crippen LogP contribution in [0.5, 0.6) is 0 Å². The summed E-state index contributed by atoms with van der Waals surface area (Å²) < 4.78 is 4.03. The van der Waals surface area contributed by atoms with Gasteiger partial charge in [0.25, 0.3) is 0 Å². The van der Waals surface area contributed by atoms with Gasteiger partial charge in [-0.3, -0.25) is 0 Å². The van der Waals surface area contributed by atoms with E-state index in [9.17, 15) is 0 Å². The van der Waals surface area contributed by atoms with Crippen LogP contribution in [0.3, 0.4) is 0 Å². The largest absolute Gasteiger partial charge is 0.458 e. The van der Waals surface area contributed by atoms with Gasteiger partial charge < -0.3 is 4.74 Å². The summed E-state index contributed by atoms with van der Waals surface area (Å²) in [7, 11) is 0. The first-order valence-electron chi connectivity index (χ1n) is 1.40. The summed E-state index contributed by atoms with van der Waals surface area (Å²) in [5, 5.41) is 0. The third-order valence-corrected chi connectivity index (χ3v) is 0.203. The molecule has 0 fully saturated rings. The second-order valence-electron chi connectivity index (χ2n) is 0.516. The first-order chi connectivity index (χ1) is 2.41. The molecular formula is C4H8O2. The Morgan fingerprint density at radius 1 is 1.83 bits per heavy atom. The van der Waals surface area contributed by atoms with Crippen molar-refractivity contribution in [3.05, 3.63) is 7.43 Å². The van der Waals surface area contributed by atoms with Crippen molar-refractivity contribution < 1.29 is 9.53 Å². The number of ether oxygens (including phenoxy) is 1. The van der Waals surface area contributed by atoms with E-state index in [0.29, 0.717) is 6.61 Å². The predicted molar refractivity (Wildman–Crippen MR) is 23.7 cm³/mol. The van der Waals surface area contributed by atoms with Gasteiger partial charge in [-0.2, -0.15) is 0 Å². The van der Waals surface area contributed by atoms with Crippen LogP contribution >= 0.6 is 0 Å². The molecule has 0 spiro atoms. The Balaban J connectivity index is 0. The van der Waals surface area contributed by atoms with E-state index < -0.39 is 0 Å². The minimum atomic E-state index is 0. The Morgan fingerprint density at radius 3 is 2.33 bits per heavy atom. The van der Waals surface area contributed by atoms with Gasteiger partial charge in [-0.05, 0) is 6.92 Å². The Kier molecular flexibility index (Phi) is 13.3. The van der Waals surface area contributed by atoms with Crippen LogP contribution in [0.2, 0.25) is 0 Å². The maximum atomic E-state index is 9.06. The van der Waals surface area contributed by atoms with E-state index in [1.807, 2.05) is 0 Å². The van der Waals surface area contributed by atoms with Crippen molar-refractivity contribution in [2.75, 3.05) is 6.61 Å². The van der Waals surface area contributed by atoms with E-state index in [4.69, 9.17) is 4.79 Å². The Morgan fingerprint density at radius 2 is 2.33 bits per heavy atom. The molecule has 0 aliphatic rings. The minimum absolute atomic E-state index is 0. The highest BCUT2D eigenvalue weighted by atomic mass is 16.5. The van der Waals surface area contributed by atoms with E-state index in [2.05, 4.69) is 4.74 Å². The van der Waals surface area contributed by atoms with E-state index in [0.717, 1.165) is 0 Å². The van der Waals surface area contributed by atoms with Crippen LogP contribution in [0.25, 0.3) is 0 Å². The molecule has 0 bridgehead atoms. The second kappa shape index (κ2) is 8.82. The lowest BCUT2D eigenvalue weighted by molar-refractivity contribution is 0.296. The number of hydrogen-bond donors (Lipinski definition) is 0. The van der Waals surface area contributed by atoms with Crippen LogP contribution in [-0.2, 0) is 9.53 Å². The molecule has 0 atom stereocenters. The highest BCUT2D eigenvalue weighted by molar-refractivity contribution is 5.37. The Bertz CT molecular complexity index is 26.7. The van der Waals surface area contributed by atoms with Gasteiger partial charge in [-0.25, -0.2) is 4.79 Å². The van der Waals surface area contributed by atoms with E-state index in [-0.39, 0.29) is 7.43 Å². The van der Waals surface area contributed by atoms with Crippen LogP contribution in [0.15, 0.2) is 0 Å². The first kappa shape index (κ1) is 9.08. The average Bonchev–Trinajstić information content (AvgIpc) is 1.41. The summed E-state index contributed by atoms with van der Waals surface area (Å²) >= 11 is 0. The van der Waals surface area contributed by atoms with Gasteiger partial charge in [-0.1, -0.05) is 7.43 Å². The van der Waals surface area contributed by atoms with Crippen LogP contribution < -0.4 is 0 Å². The second-order valence-corrected chi connectivity index (χ2v) is 0.516. The molecular weight excluding hydrogens is 80.0 g/mol. The molecule has 0 aliphatic heterocycles. The lowest BCUT2D eigenvalue weighted by atomic mass is 10.9. The molecule has 0 aromatic carbocycles. The SMILES string of the molecule is CCO[C]=O.[CH3]. The van der Waals surface area contributed by atoms with Gasteiger partial charge in [0.05, 0.1) is 6.61 Å². The number of carbonyl (C=O) groups excluding carboxylic acids is 1. The normalized spacial score (nSPS) is 5.50. The van der Waals surface area contributed by atoms with Gasteiger partial charge in [-0.15, -0.1) is 0 Å². The highest BCUT2D eigenvalue weighted by Gasteiger charge is 1.64. The average molecular weight is 88.1 g/mol. The molecule has 0 saturated heterocycles. The standard InChI is InChI=1S/C3H5O2.CH3/c1-2-5-3-4;/h2H2,1H3;1H3. The zero-order chi connectivity index (χ0) is 4.12. The molecule has 0 N–H and O–H groups in total. The first-order valence-corrected chi connectivity index (χ1v) is 1.40. The summed E-state index contributed by atoms with van der Waals surface area (Å²) in [5.74, 6) is 0. The fraction of sp³-hybridized carbons (Fsp3) is 0.500. The van der Waals surface area contributed by atoms with E-state index in [1.165, 1.54) is 6.47 Å².